The molecular formula is C21H21ClN2O3. The highest BCUT2D eigenvalue weighted by atomic mass is 35.5. The number of methoxy groups -OCH3 is 1. The lowest BCUT2D eigenvalue weighted by Crippen LogP contribution is -2.11. The highest BCUT2D eigenvalue weighted by molar-refractivity contribution is 6.32. The number of ether oxygens (including phenoxy) is 3. The van der Waals surface area contributed by atoms with Gasteiger partial charge in [-0.1, -0.05) is 29.8 Å². The molecule has 1 aromatic heterocycles. The number of halogens is 1. The third kappa shape index (κ3) is 5.53. The van der Waals surface area contributed by atoms with E-state index in [2.05, 4.69) is 10.3 Å². The summed E-state index contributed by atoms with van der Waals surface area (Å²) in [6.07, 6.45) is 1.75. The smallest absolute Gasteiger partial charge is 0.138 e. The minimum atomic E-state index is 0.383. The second-order valence-corrected chi connectivity index (χ2v) is 6.08. The lowest BCUT2D eigenvalue weighted by atomic mass is 10.2. The number of anilines is 1. The zero-order valence-corrected chi connectivity index (χ0v) is 15.8. The van der Waals surface area contributed by atoms with Gasteiger partial charge in [0, 0.05) is 24.4 Å². The summed E-state index contributed by atoms with van der Waals surface area (Å²) in [5, 5.41) is 3.86. The van der Waals surface area contributed by atoms with E-state index in [0.717, 1.165) is 22.9 Å². The Labute approximate surface area is 163 Å². The molecular weight excluding hydrogens is 364 g/mol. The van der Waals surface area contributed by atoms with Gasteiger partial charge in [0.1, 0.15) is 36.3 Å². The van der Waals surface area contributed by atoms with E-state index in [0.29, 0.717) is 30.5 Å². The molecule has 0 bridgehead atoms. The summed E-state index contributed by atoms with van der Waals surface area (Å²) >= 11 is 6.09. The van der Waals surface area contributed by atoms with Crippen molar-refractivity contribution in [2.24, 2.45) is 0 Å². The lowest BCUT2D eigenvalue weighted by molar-refractivity contribution is 0.215. The Balaban J connectivity index is 1.59. The van der Waals surface area contributed by atoms with Gasteiger partial charge in [0.05, 0.1) is 12.1 Å². The first-order valence-corrected chi connectivity index (χ1v) is 8.96. The van der Waals surface area contributed by atoms with Crippen molar-refractivity contribution in [3.8, 4) is 17.2 Å². The molecule has 3 aromatic rings. The zero-order valence-electron chi connectivity index (χ0n) is 15.0. The number of nitrogens with zero attached hydrogens (tertiary/aromatic N) is 1. The molecule has 0 radical (unpaired) electrons. The number of hydrogen-bond acceptors (Lipinski definition) is 5. The monoisotopic (exact) mass is 384 g/mol. The van der Waals surface area contributed by atoms with Crippen molar-refractivity contribution in [1.29, 1.82) is 0 Å². The molecule has 0 aliphatic rings. The van der Waals surface area contributed by atoms with Gasteiger partial charge in [0.2, 0.25) is 0 Å². The molecule has 0 fully saturated rings. The van der Waals surface area contributed by atoms with Crippen LogP contribution in [-0.4, -0.2) is 25.3 Å². The van der Waals surface area contributed by atoms with E-state index in [1.807, 2.05) is 54.6 Å². The van der Waals surface area contributed by atoms with Crippen LogP contribution in [0.4, 0.5) is 5.82 Å². The van der Waals surface area contributed by atoms with E-state index in [1.165, 1.54) is 0 Å². The van der Waals surface area contributed by atoms with Crippen LogP contribution < -0.4 is 19.5 Å². The molecule has 0 unspecified atom stereocenters. The molecule has 1 heterocycles. The minimum absolute atomic E-state index is 0.383. The topological polar surface area (TPSA) is 52.6 Å². The fourth-order valence-electron chi connectivity index (χ4n) is 2.46. The van der Waals surface area contributed by atoms with Crippen molar-refractivity contribution >= 4 is 17.4 Å². The third-order valence-electron chi connectivity index (χ3n) is 3.83. The average molecular weight is 385 g/mol. The first kappa shape index (κ1) is 18.9. The standard InChI is InChI=1S/C21H21ClN2O3/c1-25-17-10-9-16(15-24-21-8-4-5-11-23-21)20(14-17)27-13-12-26-19-7-3-2-6-18(19)22/h2-11,14H,12-13,15H2,1H3,(H,23,24). The highest BCUT2D eigenvalue weighted by Gasteiger charge is 2.07. The molecule has 0 atom stereocenters. The molecule has 0 saturated heterocycles. The van der Waals surface area contributed by atoms with Gasteiger partial charge < -0.3 is 19.5 Å². The van der Waals surface area contributed by atoms with Crippen LogP contribution in [0.2, 0.25) is 5.02 Å². The summed E-state index contributed by atoms with van der Waals surface area (Å²) in [4.78, 5) is 4.27. The zero-order chi connectivity index (χ0) is 18.9. The highest BCUT2D eigenvalue weighted by Crippen LogP contribution is 2.26. The molecule has 140 valence electrons. The SMILES string of the molecule is COc1ccc(CNc2ccccn2)c(OCCOc2ccccc2Cl)c1. The Morgan fingerprint density at radius 1 is 0.926 bits per heavy atom. The van der Waals surface area contributed by atoms with Gasteiger partial charge in [-0.2, -0.15) is 0 Å². The number of pyridine rings is 1. The van der Waals surface area contributed by atoms with Crippen LogP contribution in [0.5, 0.6) is 17.2 Å². The Kier molecular flexibility index (Phi) is 6.77. The maximum Gasteiger partial charge on any atom is 0.138 e. The van der Waals surface area contributed by atoms with Crippen LogP contribution in [0.25, 0.3) is 0 Å². The van der Waals surface area contributed by atoms with Crippen molar-refractivity contribution in [3.63, 3.8) is 0 Å². The molecule has 2 aromatic carbocycles. The van der Waals surface area contributed by atoms with Crippen LogP contribution in [0.15, 0.2) is 66.9 Å². The maximum atomic E-state index is 6.09. The summed E-state index contributed by atoms with van der Waals surface area (Å²) < 4.78 is 16.9. The Hall–Kier alpha value is -2.92. The predicted octanol–water partition coefficient (Wildman–Crippen LogP) is 4.81. The molecule has 3 rings (SSSR count). The van der Waals surface area contributed by atoms with Gasteiger partial charge in [-0.25, -0.2) is 4.98 Å². The number of nitrogens with one attached hydrogen (secondary N) is 1. The van der Waals surface area contributed by atoms with Gasteiger partial charge >= 0.3 is 0 Å². The summed E-state index contributed by atoms with van der Waals surface area (Å²) in [5.41, 5.74) is 0.999. The summed E-state index contributed by atoms with van der Waals surface area (Å²) in [7, 11) is 1.63. The van der Waals surface area contributed by atoms with Gasteiger partial charge in [0.15, 0.2) is 0 Å². The van der Waals surface area contributed by atoms with Crippen LogP contribution >= 0.6 is 11.6 Å². The van der Waals surface area contributed by atoms with E-state index < -0.39 is 0 Å². The van der Waals surface area contributed by atoms with Crippen molar-refractivity contribution in [3.05, 3.63) is 77.4 Å². The van der Waals surface area contributed by atoms with Gasteiger partial charge in [-0.3, -0.25) is 0 Å². The molecule has 0 aliphatic carbocycles. The van der Waals surface area contributed by atoms with E-state index in [4.69, 9.17) is 25.8 Å². The Bertz CT molecular complexity index is 859. The molecule has 0 spiro atoms. The third-order valence-corrected chi connectivity index (χ3v) is 4.15. The van der Waals surface area contributed by atoms with E-state index in [-0.39, 0.29) is 0 Å². The fourth-order valence-corrected chi connectivity index (χ4v) is 2.65. The van der Waals surface area contributed by atoms with Crippen molar-refractivity contribution < 1.29 is 14.2 Å². The molecule has 27 heavy (non-hydrogen) atoms. The second-order valence-electron chi connectivity index (χ2n) is 5.67. The van der Waals surface area contributed by atoms with Gasteiger partial charge in [-0.05, 0) is 36.4 Å². The van der Waals surface area contributed by atoms with Gasteiger partial charge in [0.25, 0.3) is 0 Å². The predicted molar refractivity (Wildman–Crippen MR) is 107 cm³/mol. The number of para-hydroxylation sites is 1. The van der Waals surface area contributed by atoms with E-state index in [9.17, 15) is 0 Å². The van der Waals surface area contributed by atoms with E-state index >= 15 is 0 Å². The molecule has 0 aliphatic heterocycles. The number of hydrogen-bond donors (Lipinski definition) is 1. The van der Waals surface area contributed by atoms with E-state index in [1.54, 1.807) is 19.4 Å². The molecule has 6 heteroatoms. The van der Waals surface area contributed by atoms with Crippen LogP contribution in [0, 0.1) is 0 Å². The number of rotatable bonds is 9. The number of benzene rings is 2. The summed E-state index contributed by atoms with van der Waals surface area (Å²) in [6, 6.07) is 18.8. The first-order valence-electron chi connectivity index (χ1n) is 8.58. The second kappa shape index (κ2) is 9.69. The first-order chi connectivity index (χ1) is 13.3. The molecule has 5 nitrogen and oxygen atoms in total. The van der Waals surface area contributed by atoms with Crippen molar-refractivity contribution in [1.82, 2.24) is 4.98 Å². The van der Waals surface area contributed by atoms with Crippen LogP contribution in [0.3, 0.4) is 0 Å². The summed E-state index contributed by atoms with van der Waals surface area (Å²) in [6.45, 7) is 1.35. The average Bonchev–Trinajstić information content (AvgIpc) is 2.72. The summed E-state index contributed by atoms with van der Waals surface area (Å²) in [5.74, 6) is 2.92. The van der Waals surface area contributed by atoms with Crippen molar-refractivity contribution in [2.75, 3.05) is 25.6 Å². The molecule has 0 saturated carbocycles. The maximum absolute atomic E-state index is 6.09. The number of aromatic nitrogens is 1. The Morgan fingerprint density at radius 3 is 2.44 bits per heavy atom. The van der Waals surface area contributed by atoms with Crippen molar-refractivity contribution in [2.45, 2.75) is 6.54 Å². The Morgan fingerprint density at radius 2 is 1.70 bits per heavy atom. The molecule has 1 N–H and O–H groups in total. The normalized spacial score (nSPS) is 10.3. The quantitative estimate of drug-likeness (QED) is 0.536. The fraction of sp³-hybridized carbons (Fsp3) is 0.190. The lowest BCUT2D eigenvalue weighted by Gasteiger charge is -2.14. The molecule has 0 amide bonds. The largest absolute Gasteiger partial charge is 0.497 e. The van der Waals surface area contributed by atoms with Gasteiger partial charge in [-0.15, -0.1) is 0 Å². The van der Waals surface area contributed by atoms with Crippen LogP contribution in [0.1, 0.15) is 5.56 Å². The minimum Gasteiger partial charge on any atom is -0.497 e. The van der Waals surface area contributed by atoms with Crippen LogP contribution in [-0.2, 0) is 6.54 Å².